The Morgan fingerprint density at radius 2 is 1.93 bits per heavy atom. The third kappa shape index (κ3) is 4.87. The van der Waals surface area contributed by atoms with E-state index in [1.165, 1.54) is 29.3 Å². The number of nitrogens with zero attached hydrogens (tertiary/aromatic N) is 2. The summed E-state index contributed by atoms with van der Waals surface area (Å²) in [6.07, 6.45) is 0.549. The van der Waals surface area contributed by atoms with Gasteiger partial charge in [-0.15, -0.1) is 0 Å². The molecule has 0 bridgehead atoms. The molecule has 0 fully saturated rings. The van der Waals surface area contributed by atoms with Gasteiger partial charge in [-0.2, -0.15) is 18.3 Å². The van der Waals surface area contributed by atoms with Crippen molar-refractivity contribution in [3.8, 4) is 11.3 Å². The SMILES string of the molecule is Cc1[nH]nc(-c2cccc(NN(C=O)c3ccc(SC(F)(F)F)cc3)c2)c1Br. The number of rotatable bonds is 6. The van der Waals surface area contributed by atoms with E-state index in [9.17, 15) is 18.0 Å². The maximum Gasteiger partial charge on any atom is 0.446 e. The predicted octanol–water partition coefficient (Wildman–Crippen LogP) is 5.75. The molecule has 0 atom stereocenters. The molecule has 28 heavy (non-hydrogen) atoms. The van der Waals surface area contributed by atoms with E-state index < -0.39 is 5.51 Å². The number of H-pyrrole nitrogens is 1. The van der Waals surface area contributed by atoms with Gasteiger partial charge in [0, 0.05) is 16.2 Å². The minimum atomic E-state index is -4.36. The van der Waals surface area contributed by atoms with E-state index in [1.807, 2.05) is 19.1 Å². The number of hydrazine groups is 1. The van der Waals surface area contributed by atoms with Crippen LogP contribution in [0.5, 0.6) is 0 Å². The van der Waals surface area contributed by atoms with E-state index >= 15 is 0 Å². The zero-order valence-corrected chi connectivity index (χ0v) is 16.8. The van der Waals surface area contributed by atoms with Crippen LogP contribution >= 0.6 is 27.7 Å². The number of thioether (sulfide) groups is 1. The summed E-state index contributed by atoms with van der Waals surface area (Å²) in [4.78, 5) is 11.5. The van der Waals surface area contributed by atoms with Gasteiger partial charge in [0.1, 0.15) is 5.69 Å². The second-order valence-electron chi connectivity index (χ2n) is 5.72. The molecule has 2 aromatic carbocycles. The van der Waals surface area contributed by atoms with Crippen molar-refractivity contribution in [3.63, 3.8) is 0 Å². The van der Waals surface area contributed by atoms with Gasteiger partial charge in [-0.3, -0.25) is 15.3 Å². The highest BCUT2D eigenvalue weighted by molar-refractivity contribution is 9.10. The third-order valence-electron chi connectivity index (χ3n) is 3.71. The van der Waals surface area contributed by atoms with E-state index in [2.05, 4.69) is 31.6 Å². The largest absolute Gasteiger partial charge is 0.446 e. The molecule has 10 heteroatoms. The number of halogens is 4. The molecule has 3 aromatic rings. The molecule has 0 aliphatic heterocycles. The summed E-state index contributed by atoms with van der Waals surface area (Å²) in [5, 5.41) is 8.32. The molecule has 2 N–H and O–H groups in total. The number of benzene rings is 2. The van der Waals surface area contributed by atoms with Crippen molar-refractivity contribution in [1.29, 1.82) is 0 Å². The first-order chi connectivity index (χ1) is 13.3. The highest BCUT2D eigenvalue weighted by Crippen LogP contribution is 2.37. The van der Waals surface area contributed by atoms with E-state index in [-0.39, 0.29) is 16.7 Å². The maximum absolute atomic E-state index is 12.4. The summed E-state index contributed by atoms with van der Waals surface area (Å²) in [7, 11) is 0. The van der Waals surface area contributed by atoms with Crippen LogP contribution in [0.2, 0.25) is 0 Å². The first-order valence-corrected chi connectivity index (χ1v) is 9.55. The number of anilines is 2. The Labute approximate surface area is 171 Å². The van der Waals surface area contributed by atoms with Crippen molar-refractivity contribution in [2.24, 2.45) is 0 Å². The number of carbonyl (C=O) groups excluding carboxylic acids is 1. The van der Waals surface area contributed by atoms with Crippen LogP contribution in [0, 0.1) is 6.92 Å². The Bertz CT molecular complexity index is 976. The molecular formula is C18H14BrF3N4OS. The van der Waals surface area contributed by atoms with Crippen LogP contribution < -0.4 is 10.4 Å². The molecule has 0 saturated heterocycles. The summed E-state index contributed by atoms with van der Waals surface area (Å²) >= 11 is 3.27. The summed E-state index contributed by atoms with van der Waals surface area (Å²) in [6, 6.07) is 12.8. The Balaban J connectivity index is 1.79. The smallest absolute Gasteiger partial charge is 0.292 e. The lowest BCUT2D eigenvalue weighted by Crippen LogP contribution is -2.27. The van der Waals surface area contributed by atoms with Crippen LogP contribution in [0.3, 0.4) is 0 Å². The van der Waals surface area contributed by atoms with Crippen LogP contribution in [0.1, 0.15) is 5.69 Å². The van der Waals surface area contributed by atoms with Crippen molar-refractivity contribution in [3.05, 3.63) is 58.7 Å². The molecule has 0 radical (unpaired) electrons. The van der Waals surface area contributed by atoms with Gasteiger partial charge in [-0.25, -0.2) is 5.01 Å². The van der Waals surface area contributed by atoms with E-state index in [4.69, 9.17) is 0 Å². The predicted molar refractivity (Wildman–Crippen MR) is 107 cm³/mol. The lowest BCUT2D eigenvalue weighted by Gasteiger charge is -2.20. The van der Waals surface area contributed by atoms with E-state index in [1.54, 1.807) is 12.1 Å². The highest BCUT2D eigenvalue weighted by Gasteiger charge is 2.29. The number of nitrogens with one attached hydrogen (secondary N) is 2. The number of hydrogen-bond donors (Lipinski definition) is 2. The monoisotopic (exact) mass is 470 g/mol. The fourth-order valence-electron chi connectivity index (χ4n) is 2.44. The number of aromatic amines is 1. The summed E-state index contributed by atoms with van der Waals surface area (Å²) in [5.74, 6) is 0. The average molecular weight is 471 g/mol. The van der Waals surface area contributed by atoms with E-state index in [0.717, 1.165) is 21.4 Å². The number of carbonyl (C=O) groups is 1. The molecule has 1 amide bonds. The quantitative estimate of drug-likeness (QED) is 0.273. The number of alkyl halides is 3. The molecule has 5 nitrogen and oxygen atoms in total. The first kappa shape index (κ1) is 20.3. The van der Waals surface area contributed by atoms with Crippen LogP contribution in [0.25, 0.3) is 11.3 Å². The average Bonchev–Trinajstić information content (AvgIpc) is 2.98. The van der Waals surface area contributed by atoms with Gasteiger partial charge in [0.25, 0.3) is 0 Å². The first-order valence-electron chi connectivity index (χ1n) is 7.95. The highest BCUT2D eigenvalue weighted by atomic mass is 79.9. The van der Waals surface area contributed by atoms with Gasteiger partial charge in [0.15, 0.2) is 0 Å². The van der Waals surface area contributed by atoms with Gasteiger partial charge >= 0.3 is 5.51 Å². The fourth-order valence-corrected chi connectivity index (χ4v) is 3.39. The lowest BCUT2D eigenvalue weighted by atomic mass is 10.1. The lowest BCUT2D eigenvalue weighted by molar-refractivity contribution is -0.107. The topological polar surface area (TPSA) is 61.0 Å². The molecule has 0 unspecified atom stereocenters. The number of aromatic nitrogens is 2. The van der Waals surface area contributed by atoms with Gasteiger partial charge in [0.2, 0.25) is 6.41 Å². The minimum Gasteiger partial charge on any atom is -0.292 e. The Hall–Kier alpha value is -2.46. The molecular weight excluding hydrogens is 457 g/mol. The second kappa shape index (κ2) is 8.27. The second-order valence-corrected chi connectivity index (χ2v) is 7.65. The van der Waals surface area contributed by atoms with Gasteiger partial charge < -0.3 is 0 Å². The van der Waals surface area contributed by atoms with Crippen molar-refractivity contribution in [2.45, 2.75) is 17.3 Å². The standard InChI is InChI=1S/C18H14BrF3N4OS/c1-11-16(19)17(24-23-11)12-3-2-4-13(9-12)25-26(10-27)14-5-7-15(8-6-14)28-18(20,21)22/h2-10,25H,1H3,(H,23,24). The molecule has 0 saturated carbocycles. The molecule has 3 rings (SSSR count). The molecule has 0 aliphatic rings. The number of aryl methyl sites for hydroxylation is 1. The van der Waals surface area contributed by atoms with Gasteiger partial charge in [-0.1, -0.05) is 12.1 Å². The van der Waals surface area contributed by atoms with Crippen molar-refractivity contribution < 1.29 is 18.0 Å². The minimum absolute atomic E-state index is 0.0443. The van der Waals surface area contributed by atoms with Crippen LogP contribution in [0.4, 0.5) is 24.5 Å². The zero-order valence-electron chi connectivity index (χ0n) is 14.4. The Morgan fingerprint density at radius 3 is 2.50 bits per heavy atom. The Kier molecular flexibility index (Phi) is 5.99. The summed E-state index contributed by atoms with van der Waals surface area (Å²) in [5.41, 5.74) is 2.04. The van der Waals surface area contributed by atoms with Crippen molar-refractivity contribution in [1.82, 2.24) is 10.2 Å². The van der Waals surface area contributed by atoms with Gasteiger partial charge in [0.05, 0.1) is 15.8 Å². The summed E-state index contributed by atoms with van der Waals surface area (Å²) in [6.45, 7) is 1.89. The van der Waals surface area contributed by atoms with Crippen molar-refractivity contribution in [2.75, 3.05) is 10.4 Å². The third-order valence-corrected chi connectivity index (χ3v) is 5.42. The molecule has 1 aromatic heterocycles. The molecule has 0 aliphatic carbocycles. The van der Waals surface area contributed by atoms with Crippen molar-refractivity contribution >= 4 is 45.5 Å². The maximum atomic E-state index is 12.4. The van der Waals surface area contributed by atoms with Gasteiger partial charge in [-0.05, 0) is 71.0 Å². The number of hydrogen-bond acceptors (Lipinski definition) is 4. The summed E-state index contributed by atoms with van der Waals surface area (Å²) < 4.78 is 38.1. The van der Waals surface area contributed by atoms with Crippen LogP contribution in [-0.4, -0.2) is 22.1 Å². The van der Waals surface area contributed by atoms with E-state index in [0.29, 0.717) is 17.8 Å². The normalized spacial score (nSPS) is 11.3. The molecule has 146 valence electrons. The zero-order chi connectivity index (χ0) is 20.3. The molecule has 1 heterocycles. The van der Waals surface area contributed by atoms with Crippen LogP contribution in [0.15, 0.2) is 57.9 Å². The molecule has 0 spiro atoms. The van der Waals surface area contributed by atoms with Crippen LogP contribution in [-0.2, 0) is 4.79 Å². The fraction of sp³-hybridized carbons (Fsp3) is 0.111. The number of amides is 1. The Morgan fingerprint density at radius 1 is 1.21 bits per heavy atom.